The molecule has 0 aliphatic carbocycles. The lowest BCUT2D eigenvalue weighted by atomic mass is 9.95. The molecule has 0 amide bonds. The Morgan fingerprint density at radius 3 is 2.56 bits per heavy atom. The minimum Gasteiger partial charge on any atom is -0.197 e. The van der Waals surface area contributed by atoms with Crippen LogP contribution in [0.3, 0.4) is 0 Å². The van der Waals surface area contributed by atoms with Crippen LogP contribution < -0.4 is 0 Å². The highest BCUT2D eigenvalue weighted by molar-refractivity contribution is 5.80. The third-order valence-corrected chi connectivity index (χ3v) is 2.75. The molecule has 1 N–H and O–H groups in total. The Hall–Kier alpha value is -1.90. The summed E-state index contributed by atoms with van der Waals surface area (Å²) in [6.07, 6.45) is 5.49. The first-order valence-electron chi connectivity index (χ1n) is 5.31. The minimum absolute atomic E-state index is 0.813. The summed E-state index contributed by atoms with van der Waals surface area (Å²) in [5.74, 6) is 0. The van der Waals surface area contributed by atoms with Crippen molar-refractivity contribution in [1.29, 1.82) is 0 Å². The molecule has 3 nitrogen and oxygen atoms in total. The van der Waals surface area contributed by atoms with Gasteiger partial charge in [0.2, 0.25) is 0 Å². The van der Waals surface area contributed by atoms with E-state index >= 15 is 0 Å². The van der Waals surface area contributed by atoms with E-state index in [1.807, 2.05) is 12.2 Å². The van der Waals surface area contributed by atoms with Crippen molar-refractivity contribution < 1.29 is 0 Å². The van der Waals surface area contributed by atoms with E-state index in [1.165, 1.54) is 16.7 Å². The van der Waals surface area contributed by atoms with Crippen LogP contribution in [0.2, 0.25) is 0 Å². The zero-order valence-corrected chi connectivity index (χ0v) is 9.45. The van der Waals surface area contributed by atoms with Crippen LogP contribution in [0.25, 0.3) is 11.0 Å². The SMILES string of the molecule is C=CCc1c(C)cc2n[nH]nc2c1CC=C. The van der Waals surface area contributed by atoms with Crippen molar-refractivity contribution in [3.05, 3.63) is 48.1 Å². The largest absolute Gasteiger partial charge is 0.197 e. The minimum atomic E-state index is 0.813. The molecule has 1 aromatic carbocycles. The highest BCUT2D eigenvalue weighted by Crippen LogP contribution is 2.24. The molecule has 0 bridgehead atoms. The fourth-order valence-electron chi connectivity index (χ4n) is 2.03. The molecule has 0 fully saturated rings. The summed E-state index contributed by atoms with van der Waals surface area (Å²) in [6.45, 7) is 9.69. The van der Waals surface area contributed by atoms with Crippen molar-refractivity contribution in [2.75, 3.05) is 0 Å². The number of allylic oxidation sites excluding steroid dienone is 2. The Labute approximate surface area is 94.9 Å². The highest BCUT2D eigenvalue weighted by Gasteiger charge is 2.11. The molecule has 0 unspecified atom stereocenters. The summed E-state index contributed by atoms with van der Waals surface area (Å²) in [6, 6.07) is 2.06. The maximum absolute atomic E-state index is 4.20. The van der Waals surface area contributed by atoms with Gasteiger partial charge < -0.3 is 0 Å². The average molecular weight is 213 g/mol. The first kappa shape index (κ1) is 10.6. The van der Waals surface area contributed by atoms with Crippen LogP contribution in [-0.4, -0.2) is 15.4 Å². The van der Waals surface area contributed by atoms with Crippen LogP contribution in [-0.2, 0) is 12.8 Å². The van der Waals surface area contributed by atoms with Crippen LogP contribution in [0.5, 0.6) is 0 Å². The molecule has 16 heavy (non-hydrogen) atoms. The smallest absolute Gasteiger partial charge is 0.116 e. The van der Waals surface area contributed by atoms with Gasteiger partial charge in [0.25, 0.3) is 0 Å². The van der Waals surface area contributed by atoms with E-state index in [1.54, 1.807) is 0 Å². The molecule has 0 spiro atoms. The third kappa shape index (κ3) is 1.65. The van der Waals surface area contributed by atoms with Gasteiger partial charge >= 0.3 is 0 Å². The number of rotatable bonds is 4. The van der Waals surface area contributed by atoms with Crippen molar-refractivity contribution in [2.45, 2.75) is 19.8 Å². The summed E-state index contributed by atoms with van der Waals surface area (Å²) >= 11 is 0. The molecular formula is C13H15N3. The lowest BCUT2D eigenvalue weighted by Gasteiger charge is -2.09. The Morgan fingerprint density at radius 1 is 1.19 bits per heavy atom. The number of aromatic nitrogens is 3. The van der Waals surface area contributed by atoms with E-state index < -0.39 is 0 Å². The number of benzene rings is 1. The molecule has 3 heteroatoms. The van der Waals surface area contributed by atoms with Gasteiger partial charge in [0, 0.05) is 0 Å². The van der Waals surface area contributed by atoms with Gasteiger partial charge in [0.15, 0.2) is 0 Å². The van der Waals surface area contributed by atoms with E-state index in [0.717, 1.165) is 23.9 Å². The number of fused-ring (bicyclic) bond motifs is 1. The zero-order valence-electron chi connectivity index (χ0n) is 9.45. The predicted octanol–water partition coefficient (Wildman–Crippen LogP) is 2.72. The van der Waals surface area contributed by atoms with Crippen LogP contribution in [0.1, 0.15) is 16.7 Å². The van der Waals surface area contributed by atoms with E-state index in [4.69, 9.17) is 0 Å². The van der Waals surface area contributed by atoms with E-state index in [-0.39, 0.29) is 0 Å². The Bertz CT molecular complexity index is 537. The summed E-state index contributed by atoms with van der Waals surface area (Å²) in [7, 11) is 0. The van der Waals surface area contributed by atoms with Gasteiger partial charge in [-0.1, -0.05) is 12.2 Å². The maximum Gasteiger partial charge on any atom is 0.116 e. The molecule has 1 heterocycles. The Balaban J connectivity index is 2.72. The van der Waals surface area contributed by atoms with Gasteiger partial charge in [-0.15, -0.1) is 13.2 Å². The number of H-pyrrole nitrogens is 1. The van der Waals surface area contributed by atoms with E-state index in [2.05, 4.69) is 41.6 Å². The summed E-state index contributed by atoms with van der Waals surface area (Å²) < 4.78 is 0. The summed E-state index contributed by atoms with van der Waals surface area (Å²) in [5, 5.41) is 11.0. The number of hydrogen-bond acceptors (Lipinski definition) is 2. The Morgan fingerprint density at radius 2 is 1.88 bits per heavy atom. The van der Waals surface area contributed by atoms with Crippen LogP contribution in [0.15, 0.2) is 31.4 Å². The number of hydrogen-bond donors (Lipinski definition) is 1. The molecule has 0 aliphatic rings. The number of nitrogens with zero attached hydrogens (tertiary/aromatic N) is 2. The van der Waals surface area contributed by atoms with Crippen LogP contribution in [0.4, 0.5) is 0 Å². The first-order chi connectivity index (χ1) is 7.77. The van der Waals surface area contributed by atoms with Crippen molar-refractivity contribution >= 4 is 11.0 Å². The van der Waals surface area contributed by atoms with Gasteiger partial charge in [0.1, 0.15) is 11.0 Å². The molecule has 82 valence electrons. The van der Waals surface area contributed by atoms with Crippen molar-refractivity contribution in [3.8, 4) is 0 Å². The summed E-state index contributed by atoms with van der Waals surface area (Å²) in [5.41, 5.74) is 5.60. The normalized spacial score (nSPS) is 10.6. The average Bonchev–Trinajstić information content (AvgIpc) is 2.71. The second-order valence-corrected chi connectivity index (χ2v) is 3.83. The molecule has 0 saturated carbocycles. The second-order valence-electron chi connectivity index (χ2n) is 3.83. The molecular weight excluding hydrogens is 198 g/mol. The Kier molecular flexibility index (Phi) is 2.86. The quantitative estimate of drug-likeness (QED) is 0.793. The van der Waals surface area contributed by atoms with Gasteiger partial charge in [-0.2, -0.15) is 15.4 Å². The number of nitrogens with one attached hydrogen (secondary N) is 1. The van der Waals surface area contributed by atoms with Gasteiger partial charge in [-0.25, -0.2) is 0 Å². The van der Waals surface area contributed by atoms with Gasteiger partial charge in [-0.05, 0) is 42.5 Å². The molecule has 0 radical (unpaired) electrons. The molecule has 0 aliphatic heterocycles. The summed E-state index contributed by atoms with van der Waals surface area (Å²) in [4.78, 5) is 0. The lowest BCUT2D eigenvalue weighted by Crippen LogP contribution is -1.97. The van der Waals surface area contributed by atoms with Crippen molar-refractivity contribution in [2.24, 2.45) is 0 Å². The van der Waals surface area contributed by atoms with Gasteiger partial charge in [0.05, 0.1) is 0 Å². The first-order valence-corrected chi connectivity index (χ1v) is 5.31. The standard InChI is InChI=1S/C13H15N3/c1-4-6-10-9(3)8-12-13(15-16-14-12)11(10)7-5-2/h4-5,8H,1-2,6-7H2,3H3,(H,14,15,16). The molecule has 2 aromatic rings. The maximum atomic E-state index is 4.20. The van der Waals surface area contributed by atoms with Crippen LogP contribution in [0, 0.1) is 6.92 Å². The fourth-order valence-corrected chi connectivity index (χ4v) is 2.03. The fraction of sp³-hybridized carbons (Fsp3) is 0.231. The number of aryl methyl sites for hydroxylation is 1. The molecule has 2 rings (SSSR count). The lowest BCUT2D eigenvalue weighted by molar-refractivity contribution is 0.957. The third-order valence-electron chi connectivity index (χ3n) is 2.75. The van der Waals surface area contributed by atoms with Crippen molar-refractivity contribution in [3.63, 3.8) is 0 Å². The highest BCUT2D eigenvalue weighted by atomic mass is 15.3. The predicted molar refractivity (Wildman–Crippen MR) is 66.4 cm³/mol. The zero-order chi connectivity index (χ0) is 11.5. The molecule has 0 saturated heterocycles. The second kappa shape index (κ2) is 4.31. The van der Waals surface area contributed by atoms with Crippen molar-refractivity contribution in [1.82, 2.24) is 15.4 Å². The molecule has 1 aromatic heterocycles. The topological polar surface area (TPSA) is 41.6 Å². The van der Waals surface area contributed by atoms with Gasteiger partial charge in [-0.3, -0.25) is 0 Å². The number of aromatic amines is 1. The van der Waals surface area contributed by atoms with Crippen LogP contribution >= 0.6 is 0 Å². The monoisotopic (exact) mass is 213 g/mol. The van der Waals surface area contributed by atoms with E-state index in [0.29, 0.717) is 0 Å². The molecule has 0 atom stereocenters. The van der Waals surface area contributed by atoms with E-state index in [9.17, 15) is 0 Å².